The van der Waals surface area contributed by atoms with E-state index in [2.05, 4.69) is 25.3 Å². The van der Waals surface area contributed by atoms with Crippen molar-refractivity contribution in [3.8, 4) is 0 Å². The fourth-order valence-electron chi connectivity index (χ4n) is 2.12. The highest BCUT2D eigenvalue weighted by atomic mass is 16.4. The molecule has 0 radical (unpaired) electrons. The summed E-state index contributed by atoms with van der Waals surface area (Å²) in [5, 5.41) is 8.74. The average molecular weight is 197 g/mol. The highest BCUT2D eigenvalue weighted by Gasteiger charge is 2.27. The molecule has 0 aromatic rings. The molecule has 80 valence electrons. The Bertz CT molecular complexity index is 235. The lowest BCUT2D eigenvalue weighted by Crippen LogP contribution is -2.35. The standard InChI is InChI=1S/C11H19NO2/c1-8(2)10-5-4-6-12(10)7-9(3)11(13)14/h8,10H,3-7H2,1-2H3,(H,13,14). The van der Waals surface area contributed by atoms with E-state index in [1.165, 1.54) is 12.8 Å². The molecule has 0 amide bonds. The van der Waals surface area contributed by atoms with Gasteiger partial charge in [0, 0.05) is 18.2 Å². The van der Waals surface area contributed by atoms with Crippen molar-refractivity contribution >= 4 is 5.97 Å². The molecule has 3 nitrogen and oxygen atoms in total. The molecule has 0 saturated carbocycles. The second-order valence-electron chi connectivity index (χ2n) is 4.33. The summed E-state index contributed by atoms with van der Waals surface area (Å²) in [6.07, 6.45) is 2.36. The van der Waals surface area contributed by atoms with E-state index in [0.717, 1.165) is 6.54 Å². The van der Waals surface area contributed by atoms with Crippen LogP contribution in [0, 0.1) is 5.92 Å². The first kappa shape index (κ1) is 11.2. The molecule has 1 saturated heterocycles. The number of hydrogen-bond acceptors (Lipinski definition) is 2. The van der Waals surface area contributed by atoms with Crippen LogP contribution in [0.2, 0.25) is 0 Å². The highest BCUT2D eigenvalue weighted by Crippen LogP contribution is 2.24. The van der Waals surface area contributed by atoms with Gasteiger partial charge in [-0.05, 0) is 25.3 Å². The van der Waals surface area contributed by atoms with Crippen molar-refractivity contribution in [2.24, 2.45) is 5.92 Å². The van der Waals surface area contributed by atoms with E-state index < -0.39 is 5.97 Å². The summed E-state index contributed by atoms with van der Waals surface area (Å²) in [5.41, 5.74) is 0.303. The van der Waals surface area contributed by atoms with Crippen molar-refractivity contribution in [2.45, 2.75) is 32.7 Å². The summed E-state index contributed by atoms with van der Waals surface area (Å²) in [5.74, 6) is -0.279. The number of carboxylic acids is 1. The Morgan fingerprint density at radius 3 is 2.79 bits per heavy atom. The fourth-order valence-corrected chi connectivity index (χ4v) is 2.12. The Kier molecular flexibility index (Phi) is 3.69. The van der Waals surface area contributed by atoms with Crippen LogP contribution >= 0.6 is 0 Å². The second kappa shape index (κ2) is 4.60. The van der Waals surface area contributed by atoms with Crippen molar-refractivity contribution < 1.29 is 9.90 Å². The maximum Gasteiger partial charge on any atom is 0.332 e. The summed E-state index contributed by atoms with van der Waals surface area (Å²) in [4.78, 5) is 12.9. The van der Waals surface area contributed by atoms with Crippen molar-refractivity contribution in [1.82, 2.24) is 4.90 Å². The van der Waals surface area contributed by atoms with Crippen LogP contribution in [0.4, 0.5) is 0 Å². The molecular formula is C11H19NO2. The monoisotopic (exact) mass is 197 g/mol. The van der Waals surface area contributed by atoms with Crippen LogP contribution in [0.5, 0.6) is 0 Å². The van der Waals surface area contributed by atoms with Crippen molar-refractivity contribution in [1.29, 1.82) is 0 Å². The van der Waals surface area contributed by atoms with Gasteiger partial charge in [0.05, 0.1) is 0 Å². The third-order valence-corrected chi connectivity index (χ3v) is 2.88. The zero-order valence-electron chi connectivity index (χ0n) is 8.99. The molecular weight excluding hydrogens is 178 g/mol. The van der Waals surface area contributed by atoms with E-state index in [0.29, 0.717) is 24.1 Å². The predicted molar refractivity (Wildman–Crippen MR) is 56.2 cm³/mol. The smallest absolute Gasteiger partial charge is 0.332 e. The number of carbonyl (C=O) groups is 1. The van der Waals surface area contributed by atoms with E-state index in [1.54, 1.807) is 0 Å². The van der Waals surface area contributed by atoms with E-state index in [4.69, 9.17) is 5.11 Å². The van der Waals surface area contributed by atoms with Crippen LogP contribution in [0.25, 0.3) is 0 Å². The van der Waals surface area contributed by atoms with Crippen LogP contribution in [0.1, 0.15) is 26.7 Å². The largest absolute Gasteiger partial charge is 0.478 e. The topological polar surface area (TPSA) is 40.5 Å². The highest BCUT2D eigenvalue weighted by molar-refractivity contribution is 5.86. The number of hydrogen-bond donors (Lipinski definition) is 1. The zero-order chi connectivity index (χ0) is 10.7. The van der Waals surface area contributed by atoms with E-state index in [9.17, 15) is 4.79 Å². The Balaban J connectivity index is 2.51. The van der Waals surface area contributed by atoms with Crippen LogP contribution in [-0.4, -0.2) is 35.1 Å². The molecule has 1 fully saturated rings. The Morgan fingerprint density at radius 2 is 2.29 bits per heavy atom. The maximum absolute atomic E-state index is 10.6. The molecule has 1 aliphatic rings. The fraction of sp³-hybridized carbons (Fsp3) is 0.727. The molecule has 0 aliphatic carbocycles. The van der Waals surface area contributed by atoms with Gasteiger partial charge in [0.1, 0.15) is 0 Å². The molecule has 0 aromatic heterocycles. The minimum atomic E-state index is -0.876. The molecule has 1 aliphatic heterocycles. The summed E-state index contributed by atoms with van der Waals surface area (Å²) in [7, 11) is 0. The lowest BCUT2D eigenvalue weighted by atomic mass is 10.0. The van der Waals surface area contributed by atoms with Gasteiger partial charge >= 0.3 is 5.97 Å². The van der Waals surface area contributed by atoms with Gasteiger partial charge in [0.15, 0.2) is 0 Å². The molecule has 0 bridgehead atoms. The summed E-state index contributed by atoms with van der Waals surface area (Å²) in [6.45, 7) is 9.47. The number of rotatable bonds is 4. The third-order valence-electron chi connectivity index (χ3n) is 2.88. The normalized spacial score (nSPS) is 22.9. The number of nitrogens with zero attached hydrogens (tertiary/aromatic N) is 1. The molecule has 1 N–H and O–H groups in total. The predicted octanol–water partition coefficient (Wildman–Crippen LogP) is 1.75. The van der Waals surface area contributed by atoms with Gasteiger partial charge in [-0.3, -0.25) is 4.90 Å². The number of carboxylic acid groups (broad SMARTS) is 1. The van der Waals surface area contributed by atoms with Gasteiger partial charge in [-0.25, -0.2) is 4.79 Å². The quantitative estimate of drug-likeness (QED) is 0.698. The average Bonchev–Trinajstić information content (AvgIpc) is 2.52. The molecule has 0 aromatic carbocycles. The van der Waals surface area contributed by atoms with E-state index >= 15 is 0 Å². The SMILES string of the molecule is C=C(CN1CCCC1C(C)C)C(=O)O. The van der Waals surface area contributed by atoms with Gasteiger partial charge in [-0.2, -0.15) is 0 Å². The lowest BCUT2D eigenvalue weighted by molar-refractivity contribution is -0.132. The number of likely N-dealkylation sites (tertiary alicyclic amines) is 1. The summed E-state index contributed by atoms with van der Waals surface area (Å²) < 4.78 is 0. The first-order valence-electron chi connectivity index (χ1n) is 5.17. The molecule has 0 spiro atoms. The van der Waals surface area contributed by atoms with Gasteiger partial charge in [0.25, 0.3) is 0 Å². The third kappa shape index (κ3) is 2.58. The summed E-state index contributed by atoms with van der Waals surface area (Å²) in [6, 6.07) is 0.533. The van der Waals surface area contributed by atoms with Gasteiger partial charge in [0.2, 0.25) is 0 Å². The first-order chi connectivity index (χ1) is 6.52. The Morgan fingerprint density at radius 1 is 1.64 bits per heavy atom. The summed E-state index contributed by atoms with van der Waals surface area (Å²) >= 11 is 0. The Labute approximate surface area is 85.4 Å². The molecule has 14 heavy (non-hydrogen) atoms. The van der Waals surface area contributed by atoms with Gasteiger partial charge in [-0.15, -0.1) is 0 Å². The molecule has 3 heteroatoms. The van der Waals surface area contributed by atoms with Crippen LogP contribution in [-0.2, 0) is 4.79 Å². The van der Waals surface area contributed by atoms with Crippen molar-refractivity contribution in [3.05, 3.63) is 12.2 Å². The minimum absolute atomic E-state index is 0.303. The Hall–Kier alpha value is -0.830. The lowest BCUT2D eigenvalue weighted by Gasteiger charge is -2.27. The van der Waals surface area contributed by atoms with E-state index in [-0.39, 0.29) is 0 Å². The van der Waals surface area contributed by atoms with Crippen molar-refractivity contribution in [3.63, 3.8) is 0 Å². The van der Waals surface area contributed by atoms with Crippen LogP contribution in [0.15, 0.2) is 12.2 Å². The van der Waals surface area contributed by atoms with Gasteiger partial charge in [-0.1, -0.05) is 20.4 Å². The van der Waals surface area contributed by atoms with Crippen molar-refractivity contribution in [2.75, 3.05) is 13.1 Å². The van der Waals surface area contributed by atoms with Crippen LogP contribution < -0.4 is 0 Å². The molecule has 1 rings (SSSR count). The van der Waals surface area contributed by atoms with Crippen LogP contribution in [0.3, 0.4) is 0 Å². The minimum Gasteiger partial charge on any atom is -0.478 e. The zero-order valence-corrected chi connectivity index (χ0v) is 8.99. The van der Waals surface area contributed by atoms with Gasteiger partial charge < -0.3 is 5.11 Å². The first-order valence-corrected chi connectivity index (χ1v) is 5.17. The molecule has 1 heterocycles. The second-order valence-corrected chi connectivity index (χ2v) is 4.33. The number of aliphatic carboxylic acids is 1. The molecule has 1 unspecified atom stereocenters. The van der Waals surface area contributed by atoms with E-state index in [1.807, 2.05) is 0 Å². The maximum atomic E-state index is 10.6. The molecule has 1 atom stereocenters.